The van der Waals surface area contributed by atoms with Crippen LogP contribution < -0.4 is 10.2 Å². The van der Waals surface area contributed by atoms with Gasteiger partial charge in [-0.3, -0.25) is 19.3 Å². The van der Waals surface area contributed by atoms with Gasteiger partial charge >= 0.3 is 12.0 Å². The number of ether oxygens (including phenoxy) is 1. The van der Waals surface area contributed by atoms with Crippen molar-refractivity contribution in [3.05, 3.63) is 18.5 Å². The van der Waals surface area contributed by atoms with Crippen LogP contribution in [0.15, 0.2) is 18.5 Å². The molecule has 0 radical (unpaired) electrons. The predicted molar refractivity (Wildman–Crippen MR) is 117 cm³/mol. The predicted octanol–water partition coefficient (Wildman–Crippen LogP) is 0.559. The van der Waals surface area contributed by atoms with Gasteiger partial charge in [0, 0.05) is 38.6 Å². The van der Waals surface area contributed by atoms with Gasteiger partial charge in [0.15, 0.2) is 6.61 Å². The molecule has 1 spiro atoms. The lowest BCUT2D eigenvalue weighted by Gasteiger charge is -2.34. The Morgan fingerprint density at radius 1 is 1.12 bits per heavy atom. The van der Waals surface area contributed by atoms with Gasteiger partial charge in [-0.05, 0) is 37.7 Å². The maximum atomic E-state index is 12.9. The number of nitrogens with zero attached hydrogens (tertiary/aromatic N) is 5. The van der Waals surface area contributed by atoms with Crippen molar-refractivity contribution < 1.29 is 23.9 Å². The lowest BCUT2D eigenvalue weighted by Crippen LogP contribution is -2.50. The summed E-state index contributed by atoms with van der Waals surface area (Å²) in [6, 6.07) is 1.17. The first-order valence-electron chi connectivity index (χ1n) is 11.5. The zero-order valence-electron chi connectivity index (χ0n) is 18.9. The van der Waals surface area contributed by atoms with Crippen molar-refractivity contribution in [1.82, 2.24) is 25.1 Å². The molecule has 1 saturated carbocycles. The van der Waals surface area contributed by atoms with Gasteiger partial charge in [-0.25, -0.2) is 14.8 Å². The van der Waals surface area contributed by atoms with Crippen LogP contribution in [0, 0.1) is 5.92 Å². The number of hydrogen-bond donors (Lipinski definition) is 1. The Kier molecular flexibility index (Phi) is 6.75. The Morgan fingerprint density at radius 2 is 1.79 bits per heavy atom. The molecule has 2 aliphatic heterocycles. The molecule has 3 fully saturated rings. The van der Waals surface area contributed by atoms with Crippen LogP contribution in [-0.2, 0) is 19.1 Å². The van der Waals surface area contributed by atoms with Crippen molar-refractivity contribution in [1.29, 1.82) is 0 Å². The Labute approximate surface area is 192 Å². The Bertz CT molecular complexity index is 894. The zero-order chi connectivity index (χ0) is 23.4. The lowest BCUT2D eigenvalue weighted by molar-refractivity contribution is -0.154. The SMILES string of the molecule is CCC1CCC2(CC1)NC(=O)N(CC(=O)OCC(=O)N1CCN(c3ncccn3)CC1)C2=O. The molecule has 2 saturated heterocycles. The first-order chi connectivity index (χ1) is 15.9. The van der Waals surface area contributed by atoms with E-state index in [9.17, 15) is 19.2 Å². The number of carbonyl (C=O) groups excluding carboxylic acids is 4. The Balaban J connectivity index is 1.22. The van der Waals surface area contributed by atoms with Crippen molar-refractivity contribution in [3.63, 3.8) is 0 Å². The van der Waals surface area contributed by atoms with Gasteiger partial charge in [-0.15, -0.1) is 0 Å². The molecule has 1 aromatic rings. The highest BCUT2D eigenvalue weighted by Gasteiger charge is 2.52. The summed E-state index contributed by atoms with van der Waals surface area (Å²) in [5.74, 6) is -0.284. The fraction of sp³-hybridized carbons (Fsp3) is 0.636. The van der Waals surface area contributed by atoms with Crippen molar-refractivity contribution in [2.24, 2.45) is 5.92 Å². The first-order valence-corrected chi connectivity index (χ1v) is 11.5. The minimum absolute atomic E-state index is 0.316. The average Bonchev–Trinajstić information content (AvgIpc) is 3.07. The van der Waals surface area contributed by atoms with Crippen molar-refractivity contribution in [2.45, 2.75) is 44.6 Å². The van der Waals surface area contributed by atoms with E-state index in [1.54, 1.807) is 23.4 Å². The summed E-state index contributed by atoms with van der Waals surface area (Å²) < 4.78 is 5.10. The first kappa shape index (κ1) is 22.9. The molecule has 0 unspecified atom stereocenters. The molecular formula is C22H30N6O5. The van der Waals surface area contributed by atoms with E-state index in [-0.39, 0.29) is 11.8 Å². The highest BCUT2D eigenvalue weighted by Crippen LogP contribution is 2.37. The van der Waals surface area contributed by atoms with Gasteiger partial charge in [-0.2, -0.15) is 0 Å². The summed E-state index contributed by atoms with van der Waals surface area (Å²) in [7, 11) is 0. The number of anilines is 1. The summed E-state index contributed by atoms with van der Waals surface area (Å²) >= 11 is 0. The van der Waals surface area contributed by atoms with Crippen molar-refractivity contribution >= 4 is 29.8 Å². The molecule has 0 atom stereocenters. The maximum Gasteiger partial charge on any atom is 0.326 e. The molecule has 1 N–H and O–H groups in total. The number of aromatic nitrogens is 2. The van der Waals surface area contributed by atoms with Crippen LogP contribution in [0.4, 0.5) is 10.7 Å². The molecule has 33 heavy (non-hydrogen) atoms. The molecule has 178 valence electrons. The Hall–Kier alpha value is -3.24. The van der Waals surface area contributed by atoms with Crippen LogP contribution in [0.1, 0.15) is 39.0 Å². The van der Waals surface area contributed by atoms with E-state index in [1.807, 2.05) is 4.90 Å². The lowest BCUT2D eigenvalue weighted by atomic mass is 9.75. The number of amides is 4. The summed E-state index contributed by atoms with van der Waals surface area (Å²) in [4.78, 5) is 62.9. The maximum absolute atomic E-state index is 12.9. The molecule has 4 amide bonds. The second-order valence-electron chi connectivity index (χ2n) is 8.83. The Morgan fingerprint density at radius 3 is 2.42 bits per heavy atom. The number of urea groups is 1. The molecular weight excluding hydrogens is 428 g/mol. The van der Waals surface area contributed by atoms with E-state index in [0.29, 0.717) is 50.9 Å². The number of imide groups is 1. The van der Waals surface area contributed by atoms with E-state index in [1.165, 1.54) is 0 Å². The van der Waals surface area contributed by atoms with Crippen LogP contribution in [0.25, 0.3) is 0 Å². The molecule has 3 aliphatic rings. The van der Waals surface area contributed by atoms with E-state index in [2.05, 4.69) is 22.2 Å². The van der Waals surface area contributed by atoms with E-state index < -0.39 is 30.7 Å². The topological polar surface area (TPSA) is 125 Å². The fourth-order valence-corrected chi connectivity index (χ4v) is 4.76. The van der Waals surface area contributed by atoms with Gasteiger partial charge in [0.2, 0.25) is 5.95 Å². The van der Waals surface area contributed by atoms with E-state index in [4.69, 9.17) is 4.74 Å². The number of piperazine rings is 1. The minimum Gasteiger partial charge on any atom is -0.454 e. The monoisotopic (exact) mass is 458 g/mol. The summed E-state index contributed by atoms with van der Waals surface area (Å²) in [6.07, 6.45) is 7.31. The number of esters is 1. The summed E-state index contributed by atoms with van der Waals surface area (Å²) in [5.41, 5.74) is -0.902. The van der Waals surface area contributed by atoms with Gasteiger partial charge in [-0.1, -0.05) is 13.3 Å². The third kappa shape index (κ3) is 4.91. The normalized spacial score (nSPS) is 25.4. The van der Waals surface area contributed by atoms with Crippen LogP contribution in [-0.4, -0.2) is 88.5 Å². The van der Waals surface area contributed by atoms with E-state index >= 15 is 0 Å². The number of hydrogen-bond acceptors (Lipinski definition) is 8. The molecule has 0 bridgehead atoms. The van der Waals surface area contributed by atoms with Crippen LogP contribution in [0.3, 0.4) is 0 Å². The van der Waals surface area contributed by atoms with E-state index in [0.717, 1.165) is 24.2 Å². The van der Waals surface area contributed by atoms with Crippen LogP contribution >= 0.6 is 0 Å². The smallest absolute Gasteiger partial charge is 0.326 e. The zero-order valence-corrected chi connectivity index (χ0v) is 18.9. The number of nitrogens with one attached hydrogen (secondary N) is 1. The largest absolute Gasteiger partial charge is 0.454 e. The van der Waals surface area contributed by atoms with Gasteiger partial charge < -0.3 is 19.9 Å². The third-order valence-corrected chi connectivity index (χ3v) is 6.89. The quantitative estimate of drug-likeness (QED) is 0.484. The molecule has 3 heterocycles. The highest BCUT2D eigenvalue weighted by atomic mass is 16.5. The van der Waals surface area contributed by atoms with Crippen molar-refractivity contribution in [3.8, 4) is 0 Å². The van der Waals surface area contributed by atoms with Gasteiger partial charge in [0.05, 0.1) is 0 Å². The summed E-state index contributed by atoms with van der Waals surface area (Å²) in [6.45, 7) is 3.29. The molecule has 4 rings (SSSR count). The summed E-state index contributed by atoms with van der Waals surface area (Å²) in [5, 5.41) is 2.79. The minimum atomic E-state index is -0.902. The molecule has 1 aromatic heterocycles. The molecule has 1 aliphatic carbocycles. The fourth-order valence-electron chi connectivity index (χ4n) is 4.76. The van der Waals surface area contributed by atoms with Gasteiger partial charge in [0.1, 0.15) is 12.1 Å². The van der Waals surface area contributed by atoms with Crippen molar-refractivity contribution in [2.75, 3.05) is 44.2 Å². The van der Waals surface area contributed by atoms with Crippen LogP contribution in [0.5, 0.6) is 0 Å². The van der Waals surface area contributed by atoms with Gasteiger partial charge in [0.25, 0.3) is 11.8 Å². The highest BCUT2D eigenvalue weighted by molar-refractivity contribution is 6.08. The second-order valence-corrected chi connectivity index (χ2v) is 8.83. The van der Waals surface area contributed by atoms with Crippen LogP contribution in [0.2, 0.25) is 0 Å². The number of carbonyl (C=O) groups is 4. The molecule has 0 aromatic carbocycles. The molecule has 11 heteroatoms. The third-order valence-electron chi connectivity index (χ3n) is 6.89. The average molecular weight is 459 g/mol. The molecule has 11 nitrogen and oxygen atoms in total. The number of rotatable bonds is 6. The standard InChI is InChI=1S/C22H30N6O5/c1-2-16-4-6-22(7-5-16)19(31)28(21(32)25-22)14-18(30)33-15-17(29)26-10-12-27(13-11-26)20-23-8-3-9-24-20/h3,8-9,16H,2,4-7,10-15H2,1H3,(H,25,32). The second kappa shape index (κ2) is 9.72.